The van der Waals surface area contributed by atoms with Gasteiger partial charge in [-0.2, -0.15) is 0 Å². The van der Waals surface area contributed by atoms with Gasteiger partial charge in [0.1, 0.15) is 0 Å². The molecule has 0 aromatic heterocycles. The number of aryl methyl sites for hydroxylation is 1. The fourth-order valence-electron chi connectivity index (χ4n) is 1.91. The van der Waals surface area contributed by atoms with Gasteiger partial charge in [-0.15, -0.1) is 0 Å². The average molecular weight is 217 g/mol. The monoisotopic (exact) mass is 217 g/mol. The van der Waals surface area contributed by atoms with Crippen molar-refractivity contribution in [3.63, 3.8) is 0 Å². The van der Waals surface area contributed by atoms with Crippen LogP contribution in [0.1, 0.15) is 18.1 Å². The molecule has 1 aromatic rings. The first-order valence-electron chi connectivity index (χ1n) is 5.83. The molecule has 0 N–H and O–H groups in total. The van der Waals surface area contributed by atoms with E-state index in [9.17, 15) is 0 Å². The van der Waals surface area contributed by atoms with Crippen molar-refractivity contribution in [2.45, 2.75) is 13.8 Å². The first-order chi connectivity index (χ1) is 7.75. The molecule has 16 heavy (non-hydrogen) atoms. The summed E-state index contributed by atoms with van der Waals surface area (Å²) in [5, 5.41) is 0. The van der Waals surface area contributed by atoms with Crippen LogP contribution in [0.15, 0.2) is 30.0 Å². The second-order valence-electron chi connectivity index (χ2n) is 4.30. The summed E-state index contributed by atoms with van der Waals surface area (Å²) in [6.07, 6.45) is 2.24. The van der Waals surface area contributed by atoms with E-state index in [4.69, 9.17) is 4.74 Å². The van der Waals surface area contributed by atoms with Gasteiger partial charge in [0.2, 0.25) is 0 Å². The molecule has 2 nitrogen and oxygen atoms in total. The summed E-state index contributed by atoms with van der Waals surface area (Å²) in [5.74, 6) is 0. The topological polar surface area (TPSA) is 12.5 Å². The smallest absolute Gasteiger partial charge is 0.0642 e. The van der Waals surface area contributed by atoms with Gasteiger partial charge in [0, 0.05) is 18.8 Å². The van der Waals surface area contributed by atoms with Crippen LogP contribution in [0.5, 0.6) is 0 Å². The number of benzene rings is 1. The lowest BCUT2D eigenvalue weighted by Gasteiger charge is -2.29. The Labute approximate surface area is 97.5 Å². The van der Waals surface area contributed by atoms with Crippen LogP contribution in [0.2, 0.25) is 0 Å². The normalized spacial score (nSPS) is 17.6. The molecule has 86 valence electrons. The molecule has 0 unspecified atom stereocenters. The third-order valence-corrected chi connectivity index (χ3v) is 2.96. The summed E-state index contributed by atoms with van der Waals surface area (Å²) < 4.78 is 5.35. The third-order valence-electron chi connectivity index (χ3n) is 2.96. The predicted molar refractivity (Wildman–Crippen MR) is 67.2 cm³/mol. The minimum absolute atomic E-state index is 0.846. The van der Waals surface area contributed by atoms with Crippen molar-refractivity contribution < 1.29 is 4.74 Å². The quantitative estimate of drug-likeness (QED) is 0.755. The average Bonchev–Trinajstić information content (AvgIpc) is 2.33. The number of morpholine rings is 1. The molecule has 2 rings (SSSR count). The summed E-state index contributed by atoms with van der Waals surface area (Å²) in [6.45, 7) is 7.99. The highest BCUT2D eigenvalue weighted by Crippen LogP contribution is 2.12. The van der Waals surface area contributed by atoms with Gasteiger partial charge in [0.15, 0.2) is 0 Å². The minimum Gasteiger partial charge on any atom is -0.378 e. The van der Waals surface area contributed by atoms with Crippen molar-refractivity contribution in [1.82, 2.24) is 4.90 Å². The Morgan fingerprint density at radius 1 is 1.19 bits per heavy atom. The maximum Gasteiger partial charge on any atom is 0.0642 e. The fraction of sp³-hybridized carbons (Fsp3) is 0.429. The molecular weight excluding hydrogens is 198 g/mol. The standard InChI is InChI=1S/C14H19NO/c1-12-3-5-14(6-4-12)11-13(2)15-7-9-16-10-8-15/h3-6,11H,7-10H2,1-2H3. The molecule has 0 aliphatic carbocycles. The van der Waals surface area contributed by atoms with Gasteiger partial charge >= 0.3 is 0 Å². The van der Waals surface area contributed by atoms with Gasteiger partial charge in [-0.3, -0.25) is 0 Å². The van der Waals surface area contributed by atoms with Crippen LogP contribution in [0, 0.1) is 6.92 Å². The Morgan fingerprint density at radius 2 is 1.81 bits per heavy atom. The number of ether oxygens (including phenoxy) is 1. The zero-order valence-corrected chi connectivity index (χ0v) is 10.1. The van der Waals surface area contributed by atoms with Gasteiger partial charge in [-0.05, 0) is 25.5 Å². The van der Waals surface area contributed by atoms with Crippen LogP contribution < -0.4 is 0 Å². The van der Waals surface area contributed by atoms with Crippen molar-refractivity contribution in [3.05, 3.63) is 41.1 Å². The van der Waals surface area contributed by atoms with Crippen LogP contribution in [-0.2, 0) is 4.74 Å². The molecule has 1 saturated heterocycles. The molecule has 0 spiro atoms. The van der Waals surface area contributed by atoms with E-state index >= 15 is 0 Å². The van der Waals surface area contributed by atoms with Crippen molar-refractivity contribution >= 4 is 6.08 Å². The molecular formula is C14H19NO. The van der Waals surface area contributed by atoms with Gasteiger partial charge in [0.25, 0.3) is 0 Å². The van der Waals surface area contributed by atoms with E-state index in [0.717, 1.165) is 26.3 Å². The SMILES string of the molecule is CC(=Cc1ccc(C)cc1)N1CCOCC1. The largest absolute Gasteiger partial charge is 0.378 e. The van der Waals surface area contributed by atoms with E-state index in [1.807, 2.05) is 0 Å². The van der Waals surface area contributed by atoms with E-state index in [0.29, 0.717) is 0 Å². The Morgan fingerprint density at radius 3 is 2.44 bits per heavy atom. The van der Waals surface area contributed by atoms with E-state index in [2.05, 4.69) is 49.1 Å². The fourth-order valence-corrected chi connectivity index (χ4v) is 1.91. The van der Waals surface area contributed by atoms with E-state index < -0.39 is 0 Å². The highest BCUT2D eigenvalue weighted by atomic mass is 16.5. The summed E-state index contributed by atoms with van der Waals surface area (Å²) in [6, 6.07) is 8.63. The maximum atomic E-state index is 5.35. The molecule has 1 heterocycles. The molecule has 2 heteroatoms. The van der Waals surface area contributed by atoms with Crippen molar-refractivity contribution in [1.29, 1.82) is 0 Å². The molecule has 0 radical (unpaired) electrons. The molecule has 1 aliphatic rings. The second-order valence-corrected chi connectivity index (χ2v) is 4.30. The number of allylic oxidation sites excluding steroid dienone is 1. The highest BCUT2D eigenvalue weighted by molar-refractivity contribution is 5.52. The Kier molecular flexibility index (Phi) is 3.62. The zero-order valence-electron chi connectivity index (χ0n) is 10.1. The number of rotatable bonds is 2. The number of hydrogen-bond donors (Lipinski definition) is 0. The molecule has 1 fully saturated rings. The van der Waals surface area contributed by atoms with Crippen LogP contribution >= 0.6 is 0 Å². The minimum atomic E-state index is 0.846. The molecule has 1 aromatic carbocycles. The van der Waals surface area contributed by atoms with Crippen molar-refractivity contribution in [3.8, 4) is 0 Å². The first kappa shape index (κ1) is 11.2. The van der Waals surface area contributed by atoms with Crippen LogP contribution in [0.25, 0.3) is 6.08 Å². The Bertz CT molecular complexity index is 361. The van der Waals surface area contributed by atoms with Crippen LogP contribution in [0.4, 0.5) is 0 Å². The predicted octanol–water partition coefficient (Wildman–Crippen LogP) is 2.69. The van der Waals surface area contributed by atoms with Crippen LogP contribution in [0.3, 0.4) is 0 Å². The number of nitrogens with zero attached hydrogens (tertiary/aromatic N) is 1. The summed E-state index contributed by atoms with van der Waals surface area (Å²) in [4.78, 5) is 2.38. The molecule has 0 atom stereocenters. The third kappa shape index (κ3) is 2.86. The Hall–Kier alpha value is -1.28. The van der Waals surface area contributed by atoms with E-state index in [-0.39, 0.29) is 0 Å². The summed E-state index contributed by atoms with van der Waals surface area (Å²) in [5.41, 5.74) is 3.91. The lowest BCUT2D eigenvalue weighted by atomic mass is 10.1. The van der Waals surface area contributed by atoms with Gasteiger partial charge in [-0.1, -0.05) is 29.8 Å². The van der Waals surface area contributed by atoms with Crippen molar-refractivity contribution in [2.75, 3.05) is 26.3 Å². The van der Waals surface area contributed by atoms with Crippen LogP contribution in [-0.4, -0.2) is 31.2 Å². The second kappa shape index (κ2) is 5.17. The zero-order chi connectivity index (χ0) is 11.4. The first-order valence-corrected chi connectivity index (χ1v) is 5.83. The van der Waals surface area contributed by atoms with Gasteiger partial charge < -0.3 is 9.64 Å². The maximum absolute atomic E-state index is 5.35. The van der Waals surface area contributed by atoms with E-state index in [1.165, 1.54) is 16.8 Å². The van der Waals surface area contributed by atoms with Crippen molar-refractivity contribution in [2.24, 2.45) is 0 Å². The summed E-state index contributed by atoms with van der Waals surface area (Å²) in [7, 11) is 0. The lowest BCUT2D eigenvalue weighted by Crippen LogP contribution is -2.34. The molecule has 0 saturated carbocycles. The number of hydrogen-bond acceptors (Lipinski definition) is 2. The molecule has 0 amide bonds. The van der Waals surface area contributed by atoms with Gasteiger partial charge in [0.05, 0.1) is 13.2 Å². The Balaban J connectivity index is 2.07. The molecule has 0 bridgehead atoms. The van der Waals surface area contributed by atoms with E-state index in [1.54, 1.807) is 0 Å². The van der Waals surface area contributed by atoms with Gasteiger partial charge in [-0.25, -0.2) is 0 Å². The summed E-state index contributed by atoms with van der Waals surface area (Å²) >= 11 is 0. The highest BCUT2D eigenvalue weighted by Gasteiger charge is 2.09. The molecule has 1 aliphatic heterocycles. The lowest BCUT2D eigenvalue weighted by molar-refractivity contribution is 0.0542.